The molecule has 2 aromatic carbocycles. The Morgan fingerprint density at radius 1 is 1.10 bits per heavy atom. The number of fused-ring (bicyclic) bond motifs is 1. The highest BCUT2D eigenvalue weighted by atomic mass is 16.1. The lowest BCUT2D eigenvalue weighted by Gasteiger charge is -2.01. The van der Waals surface area contributed by atoms with Crippen LogP contribution in [0.15, 0.2) is 54.7 Å². The van der Waals surface area contributed by atoms with Crippen LogP contribution in [0.1, 0.15) is 21.5 Å². The van der Waals surface area contributed by atoms with Crippen LogP contribution >= 0.6 is 0 Å². The number of aryl methyl sites for hydroxylation is 2. The molecule has 0 aliphatic carbocycles. The van der Waals surface area contributed by atoms with Crippen LogP contribution in [0.4, 0.5) is 0 Å². The lowest BCUT2D eigenvalue weighted by Crippen LogP contribution is -2.03. The Labute approximate surface area is 118 Å². The lowest BCUT2D eigenvalue weighted by atomic mass is 10.0. The van der Waals surface area contributed by atoms with Gasteiger partial charge in [-0.25, -0.2) is 0 Å². The number of Topliss-reactive ketones (excluding diaryl/α,β-unsaturated/α-hetero) is 1. The Hall–Kier alpha value is -2.35. The highest BCUT2D eigenvalue weighted by molar-refractivity contribution is 6.08. The van der Waals surface area contributed by atoms with Gasteiger partial charge in [0.15, 0.2) is 5.78 Å². The number of benzene rings is 2. The third-order valence-electron chi connectivity index (χ3n) is 3.64. The highest BCUT2D eigenvalue weighted by Gasteiger charge is 2.13. The van der Waals surface area contributed by atoms with E-state index in [2.05, 4.69) is 6.07 Å². The first-order valence-corrected chi connectivity index (χ1v) is 6.78. The maximum Gasteiger partial charge on any atom is 0.169 e. The SMILES string of the molecule is Cc1cccc(CC(=O)c2cn(C)c3ccccc23)c1. The van der Waals surface area contributed by atoms with Gasteiger partial charge in [0.1, 0.15) is 0 Å². The van der Waals surface area contributed by atoms with Crippen LogP contribution < -0.4 is 0 Å². The van der Waals surface area contributed by atoms with Crippen molar-refractivity contribution in [2.24, 2.45) is 7.05 Å². The van der Waals surface area contributed by atoms with Crippen molar-refractivity contribution in [1.29, 1.82) is 0 Å². The Morgan fingerprint density at radius 2 is 1.90 bits per heavy atom. The molecule has 0 amide bonds. The first kappa shape index (κ1) is 12.7. The molecule has 0 radical (unpaired) electrons. The van der Waals surface area contributed by atoms with E-state index in [1.807, 2.05) is 67.2 Å². The number of hydrogen-bond donors (Lipinski definition) is 0. The van der Waals surface area contributed by atoms with Gasteiger partial charge >= 0.3 is 0 Å². The second-order valence-corrected chi connectivity index (χ2v) is 5.26. The van der Waals surface area contributed by atoms with Gasteiger partial charge in [-0.05, 0) is 18.6 Å². The molecule has 1 aromatic heterocycles. The molecule has 20 heavy (non-hydrogen) atoms. The maximum absolute atomic E-state index is 12.5. The highest BCUT2D eigenvalue weighted by Crippen LogP contribution is 2.22. The van der Waals surface area contributed by atoms with E-state index in [0.717, 1.165) is 22.0 Å². The average Bonchev–Trinajstić information content (AvgIpc) is 2.77. The molecule has 2 heteroatoms. The van der Waals surface area contributed by atoms with Gasteiger partial charge in [0.2, 0.25) is 0 Å². The molecule has 0 fully saturated rings. The second kappa shape index (κ2) is 4.97. The maximum atomic E-state index is 12.5. The Balaban J connectivity index is 1.97. The first-order chi connectivity index (χ1) is 9.65. The molecule has 0 saturated heterocycles. The van der Waals surface area contributed by atoms with E-state index in [9.17, 15) is 4.79 Å². The summed E-state index contributed by atoms with van der Waals surface area (Å²) in [7, 11) is 1.98. The first-order valence-electron chi connectivity index (χ1n) is 6.78. The van der Waals surface area contributed by atoms with E-state index in [-0.39, 0.29) is 5.78 Å². The quantitative estimate of drug-likeness (QED) is 0.657. The van der Waals surface area contributed by atoms with Crippen LogP contribution in [0, 0.1) is 6.92 Å². The second-order valence-electron chi connectivity index (χ2n) is 5.26. The number of ketones is 1. The van der Waals surface area contributed by atoms with Gasteiger partial charge < -0.3 is 4.57 Å². The van der Waals surface area contributed by atoms with E-state index in [0.29, 0.717) is 6.42 Å². The molecule has 0 atom stereocenters. The number of hydrogen-bond acceptors (Lipinski definition) is 1. The smallest absolute Gasteiger partial charge is 0.169 e. The van der Waals surface area contributed by atoms with Crippen molar-refractivity contribution < 1.29 is 4.79 Å². The minimum absolute atomic E-state index is 0.174. The summed E-state index contributed by atoms with van der Waals surface area (Å²) in [5, 5.41) is 1.03. The standard InChI is InChI=1S/C18H17NO/c1-13-6-5-7-14(10-13)11-18(20)16-12-19(2)17-9-4-3-8-15(16)17/h3-10,12H,11H2,1-2H3. The summed E-state index contributed by atoms with van der Waals surface area (Å²) in [6.07, 6.45) is 2.39. The fourth-order valence-electron chi connectivity index (χ4n) is 2.67. The molecule has 3 rings (SSSR count). The topological polar surface area (TPSA) is 22.0 Å². The molecule has 0 aliphatic rings. The zero-order valence-corrected chi connectivity index (χ0v) is 11.8. The number of rotatable bonds is 3. The van der Waals surface area contributed by atoms with Crippen molar-refractivity contribution in [3.8, 4) is 0 Å². The molecule has 0 saturated carbocycles. The van der Waals surface area contributed by atoms with Crippen LogP contribution in [0.3, 0.4) is 0 Å². The van der Waals surface area contributed by atoms with E-state index >= 15 is 0 Å². The minimum Gasteiger partial charge on any atom is -0.350 e. The van der Waals surface area contributed by atoms with Crippen molar-refractivity contribution in [3.63, 3.8) is 0 Å². The summed E-state index contributed by atoms with van der Waals surface area (Å²) >= 11 is 0. The van der Waals surface area contributed by atoms with Crippen molar-refractivity contribution in [2.75, 3.05) is 0 Å². The van der Waals surface area contributed by atoms with Gasteiger partial charge in [0, 0.05) is 36.1 Å². The fraction of sp³-hybridized carbons (Fsp3) is 0.167. The molecule has 3 aromatic rings. The van der Waals surface area contributed by atoms with E-state index in [4.69, 9.17) is 0 Å². The zero-order valence-electron chi connectivity index (χ0n) is 11.8. The molecule has 0 aliphatic heterocycles. The lowest BCUT2D eigenvalue weighted by molar-refractivity contribution is 0.0994. The normalized spacial score (nSPS) is 10.9. The molecular weight excluding hydrogens is 246 g/mol. The number of aromatic nitrogens is 1. The average molecular weight is 263 g/mol. The summed E-state index contributed by atoms with van der Waals surface area (Å²) in [5.74, 6) is 0.174. The summed E-state index contributed by atoms with van der Waals surface area (Å²) in [5.41, 5.74) is 4.17. The number of nitrogens with zero attached hydrogens (tertiary/aromatic N) is 1. The van der Waals surface area contributed by atoms with E-state index in [1.54, 1.807) is 0 Å². The Bertz CT molecular complexity index is 783. The van der Waals surface area contributed by atoms with Crippen molar-refractivity contribution in [1.82, 2.24) is 4.57 Å². The number of carbonyl (C=O) groups is 1. The van der Waals surface area contributed by atoms with Crippen LogP contribution in [-0.2, 0) is 13.5 Å². The summed E-state index contributed by atoms with van der Waals surface area (Å²) in [6, 6.07) is 16.2. The summed E-state index contributed by atoms with van der Waals surface area (Å²) in [4.78, 5) is 12.5. The van der Waals surface area contributed by atoms with Gasteiger partial charge in [-0.1, -0.05) is 48.0 Å². The predicted molar refractivity (Wildman–Crippen MR) is 82.1 cm³/mol. The fourth-order valence-corrected chi connectivity index (χ4v) is 2.67. The third-order valence-corrected chi connectivity index (χ3v) is 3.64. The monoisotopic (exact) mass is 263 g/mol. The Morgan fingerprint density at radius 3 is 2.70 bits per heavy atom. The molecule has 0 spiro atoms. The molecule has 0 unspecified atom stereocenters. The van der Waals surface area contributed by atoms with Crippen molar-refractivity contribution in [3.05, 3.63) is 71.4 Å². The van der Waals surface area contributed by atoms with Crippen molar-refractivity contribution >= 4 is 16.7 Å². The van der Waals surface area contributed by atoms with Gasteiger partial charge in [0.05, 0.1) is 0 Å². The number of carbonyl (C=O) groups excluding carboxylic acids is 1. The van der Waals surface area contributed by atoms with Crippen LogP contribution in [0.5, 0.6) is 0 Å². The molecule has 1 heterocycles. The van der Waals surface area contributed by atoms with Crippen LogP contribution in [0.2, 0.25) is 0 Å². The van der Waals surface area contributed by atoms with E-state index in [1.165, 1.54) is 5.56 Å². The van der Waals surface area contributed by atoms with Gasteiger partial charge in [0.25, 0.3) is 0 Å². The van der Waals surface area contributed by atoms with Crippen LogP contribution in [-0.4, -0.2) is 10.4 Å². The van der Waals surface area contributed by atoms with Gasteiger partial charge in [-0.3, -0.25) is 4.79 Å². The largest absolute Gasteiger partial charge is 0.350 e. The van der Waals surface area contributed by atoms with Gasteiger partial charge in [-0.2, -0.15) is 0 Å². The molecule has 0 bridgehead atoms. The number of para-hydroxylation sites is 1. The Kier molecular flexibility index (Phi) is 3.15. The molecule has 2 nitrogen and oxygen atoms in total. The third kappa shape index (κ3) is 2.25. The van der Waals surface area contributed by atoms with Crippen LogP contribution in [0.25, 0.3) is 10.9 Å². The van der Waals surface area contributed by atoms with Gasteiger partial charge in [-0.15, -0.1) is 0 Å². The molecule has 0 N–H and O–H groups in total. The van der Waals surface area contributed by atoms with Crippen molar-refractivity contribution in [2.45, 2.75) is 13.3 Å². The molecule has 100 valence electrons. The molecular formula is C18H17NO. The van der Waals surface area contributed by atoms with E-state index < -0.39 is 0 Å². The summed E-state index contributed by atoms with van der Waals surface area (Å²) < 4.78 is 2.01. The minimum atomic E-state index is 0.174. The predicted octanol–water partition coefficient (Wildman–Crippen LogP) is 3.91. The summed E-state index contributed by atoms with van der Waals surface area (Å²) in [6.45, 7) is 2.05. The zero-order chi connectivity index (χ0) is 14.1.